The molecule has 0 aliphatic heterocycles. The van der Waals surface area contributed by atoms with Gasteiger partial charge in [0.2, 0.25) is 10.0 Å². The maximum Gasteiger partial charge on any atom is 0.209 e. The van der Waals surface area contributed by atoms with Crippen LogP contribution >= 0.6 is 12.6 Å². The molecule has 2 N–H and O–H groups in total. The molecule has 1 aliphatic rings. The van der Waals surface area contributed by atoms with Gasteiger partial charge in [0.25, 0.3) is 0 Å². The molecule has 0 spiro atoms. The molecule has 0 radical (unpaired) electrons. The number of rotatable bonds is 5. The van der Waals surface area contributed by atoms with Crippen molar-refractivity contribution >= 4 is 22.7 Å². The third-order valence-corrected chi connectivity index (χ3v) is 3.93. The van der Waals surface area contributed by atoms with Gasteiger partial charge in [-0.3, -0.25) is 0 Å². The van der Waals surface area contributed by atoms with E-state index in [-0.39, 0.29) is 10.9 Å². The Balaban J connectivity index is 2.67. The largest absolute Gasteiger partial charge is 0.304 e. The van der Waals surface area contributed by atoms with E-state index in [0.717, 1.165) is 25.7 Å². The Bertz CT molecular complexity index is 309. The van der Waals surface area contributed by atoms with Crippen molar-refractivity contribution < 1.29 is 8.42 Å². The predicted molar refractivity (Wildman–Crippen MR) is 70.2 cm³/mol. The molecule has 0 bridgehead atoms. The van der Waals surface area contributed by atoms with E-state index in [0.29, 0.717) is 6.54 Å². The Labute approximate surface area is 104 Å². The van der Waals surface area contributed by atoms with Crippen LogP contribution in [-0.2, 0) is 10.0 Å². The third-order valence-electron chi connectivity index (χ3n) is 2.95. The molecule has 1 atom stereocenters. The first kappa shape index (κ1) is 14.3. The van der Waals surface area contributed by atoms with Crippen LogP contribution in [0, 0.1) is 0 Å². The van der Waals surface area contributed by atoms with Gasteiger partial charge in [0.1, 0.15) is 0 Å². The lowest BCUT2D eigenvalue weighted by atomic mass is 9.82. The Kier molecular flexibility index (Phi) is 5.10. The fourth-order valence-electron chi connectivity index (χ4n) is 2.28. The molecule has 0 aromatic rings. The summed E-state index contributed by atoms with van der Waals surface area (Å²) in [6, 6.07) is 0. The fraction of sp³-hybridized carbons (Fsp3) is 1.00. The number of hydrogen-bond donors (Lipinski definition) is 3. The SMILES string of the molecule is CC(S)NCC1(NS(C)(=O)=O)CCCCC1. The highest BCUT2D eigenvalue weighted by molar-refractivity contribution is 7.88. The first-order valence-electron chi connectivity index (χ1n) is 5.73. The summed E-state index contributed by atoms with van der Waals surface area (Å²) in [4.78, 5) is 0. The number of sulfonamides is 1. The van der Waals surface area contributed by atoms with Gasteiger partial charge in [0.05, 0.1) is 6.26 Å². The van der Waals surface area contributed by atoms with Crippen LogP contribution in [0.15, 0.2) is 0 Å². The van der Waals surface area contributed by atoms with Gasteiger partial charge in [0, 0.05) is 17.5 Å². The van der Waals surface area contributed by atoms with Gasteiger partial charge in [-0.2, -0.15) is 12.6 Å². The van der Waals surface area contributed by atoms with Gasteiger partial charge in [-0.1, -0.05) is 19.3 Å². The molecule has 0 aromatic carbocycles. The summed E-state index contributed by atoms with van der Waals surface area (Å²) in [7, 11) is -3.15. The molecule has 1 aliphatic carbocycles. The summed E-state index contributed by atoms with van der Waals surface area (Å²) in [5.74, 6) is 0. The monoisotopic (exact) mass is 266 g/mol. The van der Waals surface area contributed by atoms with Crippen LogP contribution in [0.4, 0.5) is 0 Å². The first-order valence-corrected chi connectivity index (χ1v) is 8.14. The fourth-order valence-corrected chi connectivity index (χ4v) is 3.43. The minimum Gasteiger partial charge on any atom is -0.304 e. The van der Waals surface area contributed by atoms with Crippen LogP contribution < -0.4 is 10.0 Å². The van der Waals surface area contributed by atoms with Gasteiger partial charge in [-0.25, -0.2) is 13.1 Å². The minimum absolute atomic E-state index is 0.0835. The summed E-state index contributed by atoms with van der Waals surface area (Å²) in [6.07, 6.45) is 6.43. The average Bonchev–Trinajstić information content (AvgIpc) is 2.14. The second-order valence-corrected chi connectivity index (χ2v) is 7.30. The third kappa shape index (κ3) is 5.03. The van der Waals surface area contributed by atoms with Gasteiger partial charge >= 0.3 is 0 Å². The standard InChI is InChI=1S/C10H22N2O2S2/c1-9(15)11-8-10(12-16(2,13)14)6-4-3-5-7-10/h9,11-12,15H,3-8H2,1-2H3. The quantitative estimate of drug-likeness (QED) is 0.516. The number of nitrogens with one attached hydrogen (secondary N) is 2. The van der Waals surface area contributed by atoms with Gasteiger partial charge in [-0.05, 0) is 19.8 Å². The maximum absolute atomic E-state index is 11.4. The highest BCUT2D eigenvalue weighted by Gasteiger charge is 2.34. The topological polar surface area (TPSA) is 58.2 Å². The van der Waals surface area contributed by atoms with Crippen LogP contribution in [0.5, 0.6) is 0 Å². The van der Waals surface area contributed by atoms with E-state index in [1.807, 2.05) is 6.92 Å². The smallest absolute Gasteiger partial charge is 0.209 e. The zero-order chi connectivity index (χ0) is 12.2. The van der Waals surface area contributed by atoms with E-state index in [2.05, 4.69) is 22.7 Å². The summed E-state index contributed by atoms with van der Waals surface area (Å²) in [5, 5.41) is 3.30. The van der Waals surface area contributed by atoms with E-state index in [1.54, 1.807) is 0 Å². The van der Waals surface area contributed by atoms with Crippen molar-refractivity contribution in [3.63, 3.8) is 0 Å². The molecule has 1 saturated carbocycles. The van der Waals surface area contributed by atoms with Crippen molar-refractivity contribution in [1.82, 2.24) is 10.0 Å². The van der Waals surface area contributed by atoms with E-state index in [9.17, 15) is 8.42 Å². The molecule has 6 heteroatoms. The molecular formula is C10H22N2O2S2. The van der Waals surface area contributed by atoms with Crippen molar-refractivity contribution in [1.29, 1.82) is 0 Å². The van der Waals surface area contributed by atoms with Crippen molar-refractivity contribution in [3.05, 3.63) is 0 Å². The van der Waals surface area contributed by atoms with Crippen molar-refractivity contribution in [2.75, 3.05) is 12.8 Å². The van der Waals surface area contributed by atoms with Crippen LogP contribution in [0.3, 0.4) is 0 Å². The van der Waals surface area contributed by atoms with E-state index in [1.165, 1.54) is 12.7 Å². The first-order chi connectivity index (χ1) is 7.33. The molecular weight excluding hydrogens is 244 g/mol. The molecule has 1 rings (SSSR count). The second-order valence-electron chi connectivity index (χ2n) is 4.77. The molecule has 0 saturated heterocycles. The predicted octanol–water partition coefficient (Wildman–Crippen LogP) is 1.10. The van der Waals surface area contributed by atoms with Gasteiger partial charge in [0.15, 0.2) is 0 Å². The molecule has 0 heterocycles. The Hall–Kier alpha value is 0.220. The van der Waals surface area contributed by atoms with E-state index in [4.69, 9.17) is 0 Å². The zero-order valence-electron chi connectivity index (χ0n) is 9.99. The molecule has 0 aromatic heterocycles. The highest BCUT2D eigenvalue weighted by atomic mass is 32.2. The van der Waals surface area contributed by atoms with Crippen molar-refractivity contribution in [2.24, 2.45) is 0 Å². The molecule has 1 fully saturated rings. The molecule has 0 amide bonds. The van der Waals surface area contributed by atoms with Gasteiger partial charge < -0.3 is 5.32 Å². The average molecular weight is 266 g/mol. The lowest BCUT2D eigenvalue weighted by Gasteiger charge is -2.38. The normalized spacial score (nSPS) is 22.9. The zero-order valence-corrected chi connectivity index (χ0v) is 11.7. The lowest BCUT2D eigenvalue weighted by molar-refractivity contribution is 0.258. The summed E-state index contributed by atoms with van der Waals surface area (Å²) in [6.45, 7) is 2.60. The van der Waals surface area contributed by atoms with E-state index < -0.39 is 10.0 Å². The van der Waals surface area contributed by atoms with Crippen molar-refractivity contribution in [3.8, 4) is 0 Å². The van der Waals surface area contributed by atoms with Crippen LogP contribution in [0.25, 0.3) is 0 Å². The second kappa shape index (κ2) is 5.71. The Morgan fingerprint density at radius 3 is 2.31 bits per heavy atom. The van der Waals surface area contributed by atoms with Crippen LogP contribution in [-0.4, -0.2) is 32.1 Å². The van der Waals surface area contributed by atoms with Crippen molar-refractivity contribution in [2.45, 2.75) is 49.9 Å². The van der Waals surface area contributed by atoms with Crippen LogP contribution in [0.1, 0.15) is 39.0 Å². The van der Waals surface area contributed by atoms with Crippen LogP contribution in [0.2, 0.25) is 0 Å². The highest BCUT2D eigenvalue weighted by Crippen LogP contribution is 2.28. The summed E-state index contributed by atoms with van der Waals surface area (Å²) in [5.41, 5.74) is -0.303. The number of thiol groups is 1. The molecule has 4 nitrogen and oxygen atoms in total. The maximum atomic E-state index is 11.4. The molecule has 1 unspecified atom stereocenters. The molecule has 96 valence electrons. The summed E-state index contributed by atoms with van der Waals surface area (Å²) >= 11 is 4.26. The summed E-state index contributed by atoms with van der Waals surface area (Å²) < 4.78 is 25.6. The molecule has 16 heavy (non-hydrogen) atoms. The Morgan fingerprint density at radius 1 is 1.31 bits per heavy atom. The lowest BCUT2D eigenvalue weighted by Crippen LogP contribution is -2.56. The minimum atomic E-state index is -3.15. The Morgan fingerprint density at radius 2 is 1.88 bits per heavy atom. The number of hydrogen-bond acceptors (Lipinski definition) is 4. The van der Waals surface area contributed by atoms with Gasteiger partial charge in [-0.15, -0.1) is 0 Å². The van der Waals surface area contributed by atoms with E-state index >= 15 is 0 Å².